The van der Waals surface area contributed by atoms with Gasteiger partial charge < -0.3 is 4.74 Å². The number of carbonyl (C=O) groups is 4. The number of hydrogen-bond acceptors (Lipinski definition) is 5. The van der Waals surface area contributed by atoms with Gasteiger partial charge in [-0.25, -0.2) is 4.79 Å². The van der Waals surface area contributed by atoms with Crippen LogP contribution in [0.25, 0.3) is 0 Å². The third-order valence-electron chi connectivity index (χ3n) is 4.44. The first-order chi connectivity index (χ1) is 12.9. The summed E-state index contributed by atoms with van der Waals surface area (Å²) in [4.78, 5) is 49.1. The van der Waals surface area contributed by atoms with E-state index in [-0.39, 0.29) is 42.6 Å². The molecule has 6 nitrogen and oxygen atoms in total. The summed E-state index contributed by atoms with van der Waals surface area (Å²) >= 11 is 0. The van der Waals surface area contributed by atoms with Crippen LogP contribution in [0, 0.1) is 13.8 Å². The molecule has 6 heteroatoms. The highest BCUT2D eigenvalue weighted by Gasteiger charge is 2.30. The van der Waals surface area contributed by atoms with Crippen molar-refractivity contribution in [2.75, 3.05) is 11.5 Å². The lowest BCUT2D eigenvalue weighted by molar-refractivity contribution is -0.121. The van der Waals surface area contributed by atoms with E-state index in [1.54, 1.807) is 6.07 Å². The number of anilines is 1. The molecule has 0 aliphatic carbocycles. The van der Waals surface area contributed by atoms with E-state index in [9.17, 15) is 19.2 Å². The first-order valence-corrected chi connectivity index (χ1v) is 8.60. The fourth-order valence-electron chi connectivity index (χ4n) is 2.94. The predicted molar refractivity (Wildman–Crippen MR) is 98.7 cm³/mol. The van der Waals surface area contributed by atoms with Crippen molar-refractivity contribution in [2.24, 2.45) is 0 Å². The molecule has 138 valence electrons. The molecule has 1 aliphatic rings. The molecule has 2 aromatic carbocycles. The Kier molecular flexibility index (Phi) is 5.16. The molecule has 1 aliphatic heterocycles. The lowest BCUT2D eigenvalue weighted by Gasteiger charge is -2.14. The van der Waals surface area contributed by atoms with Gasteiger partial charge in [0.15, 0.2) is 6.61 Å². The minimum Gasteiger partial charge on any atom is -0.454 e. The van der Waals surface area contributed by atoms with Crippen molar-refractivity contribution in [1.82, 2.24) is 0 Å². The zero-order valence-corrected chi connectivity index (χ0v) is 15.2. The third kappa shape index (κ3) is 3.95. The van der Waals surface area contributed by atoms with Gasteiger partial charge in [-0.15, -0.1) is 0 Å². The summed E-state index contributed by atoms with van der Waals surface area (Å²) in [7, 11) is 0. The molecule has 0 unspecified atom stereocenters. The van der Waals surface area contributed by atoms with E-state index in [4.69, 9.17) is 4.74 Å². The van der Waals surface area contributed by atoms with Crippen LogP contribution in [0.3, 0.4) is 0 Å². The summed E-state index contributed by atoms with van der Waals surface area (Å²) in [5, 5.41) is 0. The van der Waals surface area contributed by atoms with Crippen molar-refractivity contribution >= 4 is 29.3 Å². The molecule has 0 saturated carbocycles. The van der Waals surface area contributed by atoms with Crippen LogP contribution in [0.2, 0.25) is 0 Å². The molecule has 2 aromatic rings. The van der Waals surface area contributed by atoms with E-state index >= 15 is 0 Å². The molecule has 3 rings (SSSR count). The molecule has 27 heavy (non-hydrogen) atoms. The highest BCUT2D eigenvalue weighted by atomic mass is 16.5. The maximum Gasteiger partial charge on any atom is 0.338 e. The van der Waals surface area contributed by atoms with Crippen LogP contribution >= 0.6 is 0 Å². The van der Waals surface area contributed by atoms with E-state index in [1.165, 1.54) is 24.3 Å². The maximum absolute atomic E-state index is 12.3. The predicted octanol–water partition coefficient (Wildman–Crippen LogP) is 3.00. The molecule has 1 heterocycles. The topological polar surface area (TPSA) is 80.8 Å². The molecule has 0 N–H and O–H groups in total. The normalized spacial score (nSPS) is 13.8. The van der Waals surface area contributed by atoms with Gasteiger partial charge in [-0.1, -0.05) is 17.7 Å². The van der Waals surface area contributed by atoms with Crippen LogP contribution < -0.4 is 4.90 Å². The van der Waals surface area contributed by atoms with Crippen molar-refractivity contribution in [3.8, 4) is 0 Å². The molecule has 0 spiro atoms. The van der Waals surface area contributed by atoms with E-state index in [1.807, 2.05) is 26.0 Å². The van der Waals surface area contributed by atoms with Gasteiger partial charge in [-0.2, -0.15) is 0 Å². The van der Waals surface area contributed by atoms with Gasteiger partial charge in [0.25, 0.3) is 0 Å². The van der Waals surface area contributed by atoms with Gasteiger partial charge in [0, 0.05) is 18.4 Å². The summed E-state index contributed by atoms with van der Waals surface area (Å²) < 4.78 is 5.11. The third-order valence-corrected chi connectivity index (χ3v) is 4.44. The van der Waals surface area contributed by atoms with Crippen molar-refractivity contribution in [3.63, 3.8) is 0 Å². The zero-order valence-electron chi connectivity index (χ0n) is 15.2. The number of rotatable bonds is 5. The van der Waals surface area contributed by atoms with Gasteiger partial charge in [0.05, 0.1) is 11.3 Å². The van der Waals surface area contributed by atoms with E-state index in [0.717, 1.165) is 16.0 Å². The van der Waals surface area contributed by atoms with Gasteiger partial charge in [0.1, 0.15) is 0 Å². The standard InChI is InChI=1S/C21H19NO5/c1-13-3-4-14(2)17(11-13)18(23)12-27-21(26)15-5-7-16(8-6-15)22-19(24)9-10-20(22)25/h3-8,11H,9-10,12H2,1-2H3. The summed E-state index contributed by atoms with van der Waals surface area (Å²) in [5.74, 6) is -1.42. The molecular weight excluding hydrogens is 346 g/mol. The van der Waals surface area contributed by atoms with Crippen LogP contribution in [0.4, 0.5) is 5.69 Å². The second kappa shape index (κ2) is 7.53. The Hall–Kier alpha value is -3.28. The molecule has 0 bridgehead atoms. The molecule has 0 radical (unpaired) electrons. The Morgan fingerprint density at radius 3 is 2.22 bits per heavy atom. The van der Waals surface area contributed by atoms with Crippen LogP contribution in [0.1, 0.15) is 44.7 Å². The summed E-state index contributed by atoms with van der Waals surface area (Å²) in [6, 6.07) is 11.5. The highest BCUT2D eigenvalue weighted by molar-refractivity contribution is 6.19. The molecule has 1 saturated heterocycles. The number of esters is 1. The number of aryl methyl sites for hydroxylation is 2. The van der Waals surface area contributed by atoms with Crippen molar-refractivity contribution in [3.05, 3.63) is 64.7 Å². The number of carbonyl (C=O) groups excluding carboxylic acids is 4. The summed E-state index contributed by atoms with van der Waals surface area (Å²) in [6.07, 6.45) is 0.395. The number of amides is 2. The maximum atomic E-state index is 12.3. The zero-order chi connectivity index (χ0) is 19.6. The van der Waals surface area contributed by atoms with Gasteiger partial charge in [0.2, 0.25) is 17.6 Å². The SMILES string of the molecule is Cc1ccc(C)c(C(=O)COC(=O)c2ccc(N3C(=O)CCC3=O)cc2)c1. The molecule has 0 atom stereocenters. The lowest BCUT2D eigenvalue weighted by atomic mass is 10.0. The van der Waals surface area contributed by atoms with Gasteiger partial charge in [-0.05, 0) is 49.7 Å². The smallest absolute Gasteiger partial charge is 0.338 e. The number of ether oxygens (including phenoxy) is 1. The van der Waals surface area contributed by atoms with Gasteiger partial charge >= 0.3 is 5.97 Å². The average molecular weight is 365 g/mol. The number of benzene rings is 2. The fraction of sp³-hybridized carbons (Fsp3) is 0.238. The Morgan fingerprint density at radius 2 is 1.59 bits per heavy atom. The second-order valence-corrected chi connectivity index (χ2v) is 6.49. The van der Waals surface area contributed by atoms with Gasteiger partial charge in [-0.3, -0.25) is 19.3 Å². The average Bonchev–Trinajstić information content (AvgIpc) is 3.00. The quantitative estimate of drug-likeness (QED) is 0.462. The van der Waals surface area contributed by atoms with Crippen LogP contribution in [-0.2, 0) is 14.3 Å². The Bertz CT molecular complexity index is 914. The Morgan fingerprint density at radius 1 is 0.963 bits per heavy atom. The molecule has 1 fully saturated rings. The summed E-state index contributed by atoms with van der Waals surface area (Å²) in [5.41, 5.74) is 2.98. The number of imide groups is 1. The fourth-order valence-corrected chi connectivity index (χ4v) is 2.94. The van der Waals surface area contributed by atoms with E-state index < -0.39 is 5.97 Å². The number of Topliss-reactive ketones (excluding diaryl/α,β-unsaturated/α-hetero) is 1. The van der Waals surface area contributed by atoms with Crippen LogP contribution in [-0.4, -0.2) is 30.2 Å². The number of hydrogen-bond donors (Lipinski definition) is 0. The van der Waals surface area contributed by atoms with Crippen LogP contribution in [0.5, 0.6) is 0 Å². The largest absolute Gasteiger partial charge is 0.454 e. The minimum atomic E-state index is -0.640. The van der Waals surface area contributed by atoms with Crippen molar-refractivity contribution < 1.29 is 23.9 Å². The lowest BCUT2D eigenvalue weighted by Crippen LogP contribution is -2.28. The molecule has 2 amide bonds. The first kappa shape index (κ1) is 18.5. The highest BCUT2D eigenvalue weighted by Crippen LogP contribution is 2.23. The molecular formula is C21H19NO5. The van der Waals surface area contributed by atoms with Crippen molar-refractivity contribution in [2.45, 2.75) is 26.7 Å². The second-order valence-electron chi connectivity index (χ2n) is 6.49. The first-order valence-electron chi connectivity index (χ1n) is 8.60. The van der Waals surface area contributed by atoms with E-state index in [2.05, 4.69) is 0 Å². The molecule has 0 aromatic heterocycles. The van der Waals surface area contributed by atoms with Crippen LogP contribution in [0.15, 0.2) is 42.5 Å². The Balaban J connectivity index is 1.64. The monoisotopic (exact) mass is 365 g/mol. The summed E-state index contributed by atoms with van der Waals surface area (Å²) in [6.45, 7) is 3.36. The Labute approximate surface area is 156 Å². The number of ketones is 1. The number of nitrogens with zero attached hydrogens (tertiary/aromatic N) is 1. The minimum absolute atomic E-state index is 0.198. The van der Waals surface area contributed by atoms with E-state index in [0.29, 0.717) is 11.3 Å². The van der Waals surface area contributed by atoms with Crippen molar-refractivity contribution in [1.29, 1.82) is 0 Å².